The monoisotopic (exact) mass is 244 g/mol. The Bertz CT molecular complexity index is 532. The van der Waals surface area contributed by atoms with Crippen molar-refractivity contribution in [2.45, 2.75) is 19.8 Å². The summed E-state index contributed by atoms with van der Waals surface area (Å²) in [7, 11) is 1.55. The van der Waals surface area contributed by atoms with Gasteiger partial charge in [0, 0.05) is 0 Å². The number of aldehydes is 1. The maximum Gasteiger partial charge on any atom is 0.227 e. The molecule has 2 rings (SSSR count). The van der Waals surface area contributed by atoms with E-state index in [4.69, 9.17) is 4.74 Å². The number of aromatic nitrogens is 2. The molecule has 4 nitrogen and oxygen atoms in total. The summed E-state index contributed by atoms with van der Waals surface area (Å²) >= 11 is 0. The van der Waals surface area contributed by atoms with Gasteiger partial charge < -0.3 is 4.74 Å². The number of hydrogen-bond donors (Lipinski definition) is 0. The molecule has 2 aromatic rings. The van der Waals surface area contributed by atoms with E-state index in [1.807, 2.05) is 30.3 Å². The Morgan fingerprint density at radius 2 is 2.06 bits per heavy atom. The first kappa shape index (κ1) is 12.4. The second-order valence-electron chi connectivity index (χ2n) is 3.98. The maximum absolute atomic E-state index is 11.2. The minimum absolute atomic E-state index is 0.500. The molecule has 1 aromatic heterocycles. The standard InChI is InChI=1S/C14H16N2O2/c1-3-7-13-12(10-17)14(18-2)16(15-13)11-8-5-4-6-9-11/h4-6,8-10H,3,7H2,1-2H3. The fourth-order valence-electron chi connectivity index (χ4n) is 1.94. The maximum atomic E-state index is 11.2. The molecule has 0 unspecified atom stereocenters. The Kier molecular flexibility index (Phi) is 3.77. The van der Waals surface area contributed by atoms with Gasteiger partial charge in [0.15, 0.2) is 6.29 Å². The van der Waals surface area contributed by atoms with Crippen molar-refractivity contribution in [3.05, 3.63) is 41.6 Å². The molecule has 18 heavy (non-hydrogen) atoms. The van der Waals surface area contributed by atoms with Gasteiger partial charge in [-0.05, 0) is 18.6 Å². The van der Waals surface area contributed by atoms with Crippen LogP contribution in [0.5, 0.6) is 5.88 Å². The number of nitrogens with zero attached hydrogens (tertiary/aromatic N) is 2. The lowest BCUT2D eigenvalue weighted by atomic mass is 10.2. The van der Waals surface area contributed by atoms with Gasteiger partial charge in [0.1, 0.15) is 0 Å². The third kappa shape index (κ3) is 2.14. The molecule has 94 valence electrons. The normalized spacial score (nSPS) is 10.3. The van der Waals surface area contributed by atoms with Crippen molar-refractivity contribution in [1.29, 1.82) is 0 Å². The Morgan fingerprint density at radius 3 is 2.61 bits per heavy atom. The minimum Gasteiger partial charge on any atom is -0.480 e. The highest BCUT2D eigenvalue weighted by Gasteiger charge is 2.18. The molecule has 0 aliphatic heterocycles. The summed E-state index contributed by atoms with van der Waals surface area (Å²) in [6.07, 6.45) is 2.52. The predicted octanol–water partition coefficient (Wildman–Crippen LogP) is 2.65. The van der Waals surface area contributed by atoms with Gasteiger partial charge in [-0.3, -0.25) is 4.79 Å². The van der Waals surface area contributed by atoms with Gasteiger partial charge in [-0.2, -0.15) is 5.10 Å². The van der Waals surface area contributed by atoms with Crippen molar-refractivity contribution in [1.82, 2.24) is 9.78 Å². The van der Waals surface area contributed by atoms with Crippen LogP contribution in [-0.4, -0.2) is 23.2 Å². The molecule has 0 N–H and O–H groups in total. The highest BCUT2D eigenvalue weighted by Crippen LogP contribution is 2.25. The van der Waals surface area contributed by atoms with Crippen molar-refractivity contribution in [3.63, 3.8) is 0 Å². The van der Waals surface area contributed by atoms with E-state index >= 15 is 0 Å². The third-order valence-corrected chi connectivity index (χ3v) is 2.75. The third-order valence-electron chi connectivity index (χ3n) is 2.75. The number of carbonyl (C=O) groups is 1. The molecule has 0 aliphatic carbocycles. The van der Waals surface area contributed by atoms with Gasteiger partial charge in [0.05, 0.1) is 24.1 Å². The van der Waals surface area contributed by atoms with Crippen molar-refractivity contribution < 1.29 is 9.53 Å². The minimum atomic E-state index is 0.500. The van der Waals surface area contributed by atoms with Gasteiger partial charge in [0.2, 0.25) is 5.88 Å². The van der Waals surface area contributed by atoms with Crippen molar-refractivity contribution >= 4 is 6.29 Å². The van der Waals surface area contributed by atoms with Crippen LogP contribution in [0.3, 0.4) is 0 Å². The molecule has 0 saturated heterocycles. The second-order valence-corrected chi connectivity index (χ2v) is 3.98. The van der Waals surface area contributed by atoms with E-state index in [0.29, 0.717) is 11.4 Å². The fraction of sp³-hybridized carbons (Fsp3) is 0.286. The largest absolute Gasteiger partial charge is 0.480 e. The zero-order valence-corrected chi connectivity index (χ0v) is 10.6. The molecule has 0 saturated carbocycles. The average Bonchev–Trinajstić information content (AvgIpc) is 2.77. The van der Waals surface area contributed by atoms with Crippen LogP contribution in [-0.2, 0) is 6.42 Å². The summed E-state index contributed by atoms with van der Waals surface area (Å²) in [6, 6.07) is 9.65. The first-order chi connectivity index (χ1) is 8.81. The molecule has 0 spiro atoms. The molecule has 0 aliphatic rings. The molecular weight excluding hydrogens is 228 g/mol. The first-order valence-electron chi connectivity index (χ1n) is 5.98. The smallest absolute Gasteiger partial charge is 0.227 e. The van der Waals surface area contributed by atoms with Gasteiger partial charge in [-0.15, -0.1) is 0 Å². The summed E-state index contributed by atoms with van der Waals surface area (Å²) in [6.45, 7) is 2.06. The fourth-order valence-corrected chi connectivity index (χ4v) is 1.94. The van der Waals surface area contributed by atoms with E-state index < -0.39 is 0 Å². The lowest BCUT2D eigenvalue weighted by Crippen LogP contribution is -2.00. The van der Waals surface area contributed by atoms with E-state index in [1.54, 1.807) is 11.8 Å². The Balaban J connectivity index is 2.57. The number of para-hydroxylation sites is 1. The topological polar surface area (TPSA) is 44.1 Å². The number of methoxy groups -OCH3 is 1. The van der Waals surface area contributed by atoms with E-state index in [0.717, 1.165) is 30.5 Å². The van der Waals surface area contributed by atoms with Gasteiger partial charge in [-0.25, -0.2) is 4.68 Å². The van der Waals surface area contributed by atoms with Crippen LogP contribution in [0, 0.1) is 0 Å². The van der Waals surface area contributed by atoms with Gasteiger partial charge >= 0.3 is 0 Å². The lowest BCUT2D eigenvalue weighted by molar-refractivity contribution is 0.111. The number of carbonyl (C=O) groups excluding carboxylic acids is 1. The molecule has 0 bridgehead atoms. The highest BCUT2D eigenvalue weighted by atomic mass is 16.5. The van der Waals surface area contributed by atoms with Gasteiger partial charge in [0.25, 0.3) is 0 Å². The predicted molar refractivity (Wildman–Crippen MR) is 69.5 cm³/mol. The molecule has 0 atom stereocenters. The van der Waals surface area contributed by atoms with Crippen LogP contribution in [0.1, 0.15) is 29.4 Å². The molecule has 0 fully saturated rings. The number of rotatable bonds is 5. The number of hydrogen-bond acceptors (Lipinski definition) is 3. The highest BCUT2D eigenvalue weighted by molar-refractivity contribution is 5.80. The lowest BCUT2D eigenvalue weighted by Gasteiger charge is -2.05. The van der Waals surface area contributed by atoms with Crippen LogP contribution in [0.15, 0.2) is 30.3 Å². The van der Waals surface area contributed by atoms with Crippen molar-refractivity contribution in [2.24, 2.45) is 0 Å². The first-order valence-corrected chi connectivity index (χ1v) is 5.98. The van der Waals surface area contributed by atoms with E-state index in [1.165, 1.54) is 0 Å². The zero-order valence-electron chi connectivity index (χ0n) is 10.6. The quantitative estimate of drug-likeness (QED) is 0.759. The number of benzene rings is 1. The summed E-state index contributed by atoms with van der Waals surface area (Å²) in [5, 5.41) is 4.47. The molecule has 0 amide bonds. The SMILES string of the molecule is CCCc1nn(-c2ccccc2)c(OC)c1C=O. The Labute approximate surface area is 106 Å². The molecular formula is C14H16N2O2. The van der Waals surface area contributed by atoms with Crippen LogP contribution < -0.4 is 4.74 Å². The van der Waals surface area contributed by atoms with E-state index in [-0.39, 0.29) is 0 Å². The second kappa shape index (κ2) is 5.49. The summed E-state index contributed by atoms with van der Waals surface area (Å²) < 4.78 is 6.99. The molecule has 1 aromatic carbocycles. The zero-order chi connectivity index (χ0) is 13.0. The van der Waals surface area contributed by atoms with Crippen LogP contribution >= 0.6 is 0 Å². The molecule has 4 heteroatoms. The Hall–Kier alpha value is -2.10. The summed E-state index contributed by atoms with van der Waals surface area (Å²) in [5.74, 6) is 0.500. The summed E-state index contributed by atoms with van der Waals surface area (Å²) in [4.78, 5) is 11.2. The van der Waals surface area contributed by atoms with Crippen LogP contribution in [0.25, 0.3) is 5.69 Å². The van der Waals surface area contributed by atoms with Crippen LogP contribution in [0.4, 0.5) is 0 Å². The van der Waals surface area contributed by atoms with Crippen molar-refractivity contribution in [3.8, 4) is 11.6 Å². The van der Waals surface area contributed by atoms with Crippen molar-refractivity contribution in [2.75, 3.05) is 7.11 Å². The van der Waals surface area contributed by atoms with Crippen LogP contribution in [0.2, 0.25) is 0 Å². The molecule has 1 heterocycles. The van der Waals surface area contributed by atoms with E-state index in [2.05, 4.69) is 12.0 Å². The summed E-state index contributed by atoms with van der Waals surface area (Å²) in [5.41, 5.74) is 2.22. The average molecular weight is 244 g/mol. The van der Waals surface area contributed by atoms with Gasteiger partial charge in [-0.1, -0.05) is 31.5 Å². The Morgan fingerprint density at radius 1 is 1.33 bits per heavy atom. The number of aryl methyl sites for hydroxylation is 1. The van der Waals surface area contributed by atoms with E-state index in [9.17, 15) is 4.79 Å². The number of ether oxygens (including phenoxy) is 1. The molecule has 0 radical (unpaired) electrons.